The van der Waals surface area contributed by atoms with Gasteiger partial charge in [0.2, 0.25) is 5.97 Å². The van der Waals surface area contributed by atoms with Crippen LogP contribution in [-0.4, -0.2) is 5.97 Å². The SMILES string of the molecule is C/C(=C/N)C(=N)F. The molecule has 0 aromatic carbocycles. The summed E-state index contributed by atoms with van der Waals surface area (Å²) in [6.45, 7) is 1.43. The Hall–Kier alpha value is -0.860. The molecule has 0 heterocycles. The van der Waals surface area contributed by atoms with Crippen molar-refractivity contribution < 1.29 is 4.39 Å². The van der Waals surface area contributed by atoms with Crippen LogP contribution >= 0.6 is 0 Å². The van der Waals surface area contributed by atoms with Gasteiger partial charge in [0.1, 0.15) is 0 Å². The molecule has 0 aliphatic carbocycles. The molecule has 7 heavy (non-hydrogen) atoms. The van der Waals surface area contributed by atoms with E-state index < -0.39 is 5.97 Å². The van der Waals surface area contributed by atoms with Crippen molar-refractivity contribution in [3.8, 4) is 0 Å². The van der Waals surface area contributed by atoms with Gasteiger partial charge in [0.25, 0.3) is 0 Å². The summed E-state index contributed by atoms with van der Waals surface area (Å²) in [5.41, 5.74) is 5.00. The van der Waals surface area contributed by atoms with Gasteiger partial charge >= 0.3 is 0 Å². The van der Waals surface area contributed by atoms with E-state index in [1.807, 2.05) is 0 Å². The quantitative estimate of drug-likeness (QED) is 0.472. The van der Waals surface area contributed by atoms with Crippen LogP contribution < -0.4 is 5.73 Å². The third-order valence-corrected chi connectivity index (χ3v) is 0.596. The first-order chi connectivity index (χ1) is 3.18. The summed E-state index contributed by atoms with van der Waals surface area (Å²) in [5, 5.41) is 6.29. The van der Waals surface area contributed by atoms with Gasteiger partial charge in [-0.25, -0.2) is 0 Å². The van der Waals surface area contributed by atoms with Crippen LogP contribution in [0.5, 0.6) is 0 Å². The maximum Gasteiger partial charge on any atom is 0.209 e. The zero-order valence-electron chi connectivity index (χ0n) is 4.03. The van der Waals surface area contributed by atoms with E-state index in [4.69, 9.17) is 11.1 Å². The standard InChI is InChI=1S/C4H7FN2/c1-3(2-6)4(5)7/h2,7H,6H2,1H3/b3-2-,7-4?. The Balaban J connectivity index is 3.82. The van der Waals surface area contributed by atoms with E-state index in [9.17, 15) is 4.39 Å². The second-order valence-electron chi connectivity index (χ2n) is 1.16. The van der Waals surface area contributed by atoms with Crippen molar-refractivity contribution in [3.63, 3.8) is 0 Å². The van der Waals surface area contributed by atoms with Gasteiger partial charge in [0.15, 0.2) is 0 Å². The minimum Gasteiger partial charge on any atom is -0.404 e. The highest BCUT2D eigenvalue weighted by Gasteiger charge is 1.90. The molecule has 0 saturated carbocycles. The van der Waals surface area contributed by atoms with Gasteiger partial charge in [-0.2, -0.15) is 4.39 Å². The minimum atomic E-state index is -0.970. The molecule has 2 nitrogen and oxygen atoms in total. The Morgan fingerprint density at radius 2 is 2.29 bits per heavy atom. The lowest BCUT2D eigenvalue weighted by Gasteiger charge is -1.85. The zero-order valence-corrected chi connectivity index (χ0v) is 4.03. The molecule has 0 bridgehead atoms. The number of hydrogen-bond donors (Lipinski definition) is 2. The fourth-order valence-corrected chi connectivity index (χ4v) is 0.0732. The van der Waals surface area contributed by atoms with Gasteiger partial charge in [-0.3, -0.25) is 5.41 Å². The van der Waals surface area contributed by atoms with Crippen molar-refractivity contribution >= 4 is 5.97 Å². The average molecular weight is 102 g/mol. The average Bonchev–Trinajstić information content (AvgIpc) is 1.65. The van der Waals surface area contributed by atoms with E-state index in [1.54, 1.807) is 0 Å². The molecule has 3 N–H and O–H groups in total. The lowest BCUT2D eigenvalue weighted by Crippen LogP contribution is -1.91. The molecule has 0 aliphatic heterocycles. The lowest BCUT2D eigenvalue weighted by molar-refractivity contribution is 0.793. The Bertz CT molecular complexity index is 106. The Morgan fingerprint density at radius 3 is 2.29 bits per heavy atom. The van der Waals surface area contributed by atoms with E-state index in [-0.39, 0.29) is 5.57 Å². The highest BCUT2D eigenvalue weighted by molar-refractivity contribution is 5.88. The summed E-state index contributed by atoms with van der Waals surface area (Å²) >= 11 is 0. The number of allylic oxidation sites excluding steroid dienone is 1. The van der Waals surface area contributed by atoms with Gasteiger partial charge in [-0.15, -0.1) is 0 Å². The number of hydrogen-bond acceptors (Lipinski definition) is 2. The van der Waals surface area contributed by atoms with Crippen molar-refractivity contribution in [1.29, 1.82) is 5.41 Å². The van der Waals surface area contributed by atoms with Gasteiger partial charge < -0.3 is 5.73 Å². The molecular formula is C4H7FN2. The molecule has 0 aromatic heterocycles. The van der Waals surface area contributed by atoms with Gasteiger partial charge in [0, 0.05) is 11.8 Å². The third-order valence-electron chi connectivity index (χ3n) is 0.596. The molecule has 0 radical (unpaired) electrons. The molecule has 40 valence electrons. The summed E-state index contributed by atoms with van der Waals surface area (Å²) in [6, 6.07) is 0. The third kappa shape index (κ3) is 1.92. The number of nitrogens with one attached hydrogen (secondary N) is 1. The van der Waals surface area contributed by atoms with Gasteiger partial charge in [-0.05, 0) is 6.92 Å². The zero-order chi connectivity index (χ0) is 5.86. The molecular weight excluding hydrogens is 95.1 g/mol. The van der Waals surface area contributed by atoms with Crippen molar-refractivity contribution in [2.45, 2.75) is 6.92 Å². The highest BCUT2D eigenvalue weighted by Crippen LogP contribution is 1.90. The lowest BCUT2D eigenvalue weighted by atomic mass is 10.3. The smallest absolute Gasteiger partial charge is 0.209 e. The molecule has 0 saturated heterocycles. The van der Waals surface area contributed by atoms with Crippen molar-refractivity contribution in [2.75, 3.05) is 0 Å². The van der Waals surface area contributed by atoms with E-state index >= 15 is 0 Å². The van der Waals surface area contributed by atoms with E-state index in [2.05, 4.69) is 0 Å². The molecule has 0 atom stereocenters. The topological polar surface area (TPSA) is 49.9 Å². The molecule has 0 rings (SSSR count). The van der Waals surface area contributed by atoms with Crippen molar-refractivity contribution in [3.05, 3.63) is 11.8 Å². The molecule has 0 amide bonds. The van der Waals surface area contributed by atoms with Crippen LogP contribution in [0.3, 0.4) is 0 Å². The Morgan fingerprint density at radius 1 is 1.86 bits per heavy atom. The maximum atomic E-state index is 11.5. The number of halogens is 1. The molecule has 0 fully saturated rings. The minimum absolute atomic E-state index is 0.167. The maximum absolute atomic E-state index is 11.5. The largest absolute Gasteiger partial charge is 0.404 e. The van der Waals surface area contributed by atoms with Crippen molar-refractivity contribution in [1.82, 2.24) is 0 Å². The normalized spacial score (nSPS) is 11.4. The predicted molar refractivity (Wildman–Crippen MR) is 26.8 cm³/mol. The summed E-state index contributed by atoms with van der Waals surface area (Å²) in [7, 11) is 0. The van der Waals surface area contributed by atoms with E-state index in [0.29, 0.717) is 0 Å². The molecule has 3 heteroatoms. The second kappa shape index (κ2) is 2.34. The van der Waals surface area contributed by atoms with Crippen LogP contribution in [0, 0.1) is 5.41 Å². The fourth-order valence-electron chi connectivity index (χ4n) is 0.0732. The summed E-state index contributed by atoms with van der Waals surface area (Å²) < 4.78 is 11.5. The monoisotopic (exact) mass is 102 g/mol. The van der Waals surface area contributed by atoms with Crippen LogP contribution in [0.1, 0.15) is 6.92 Å². The first kappa shape index (κ1) is 6.14. The van der Waals surface area contributed by atoms with Crippen LogP contribution in [0.25, 0.3) is 0 Å². The Kier molecular flexibility index (Phi) is 2.05. The molecule has 0 aliphatic rings. The number of rotatable bonds is 1. The molecule has 0 spiro atoms. The molecule has 0 unspecified atom stereocenters. The first-order valence-corrected chi connectivity index (χ1v) is 1.81. The predicted octanol–water partition coefficient (Wildman–Crippen LogP) is 0.796. The Labute approximate surface area is 41.3 Å². The van der Waals surface area contributed by atoms with Crippen molar-refractivity contribution in [2.24, 2.45) is 5.73 Å². The van der Waals surface area contributed by atoms with Gasteiger partial charge in [-0.1, -0.05) is 0 Å². The van der Waals surface area contributed by atoms with Crippen LogP contribution in [0.2, 0.25) is 0 Å². The van der Waals surface area contributed by atoms with Crippen LogP contribution in [0.15, 0.2) is 11.8 Å². The first-order valence-electron chi connectivity index (χ1n) is 1.81. The second-order valence-corrected chi connectivity index (χ2v) is 1.16. The van der Waals surface area contributed by atoms with Gasteiger partial charge in [0.05, 0.1) is 0 Å². The highest BCUT2D eigenvalue weighted by atomic mass is 19.1. The van der Waals surface area contributed by atoms with E-state index in [1.165, 1.54) is 6.92 Å². The summed E-state index contributed by atoms with van der Waals surface area (Å²) in [5.74, 6) is -0.970. The number of nitrogens with two attached hydrogens (primary N) is 1. The van der Waals surface area contributed by atoms with Crippen LogP contribution in [-0.2, 0) is 0 Å². The van der Waals surface area contributed by atoms with E-state index in [0.717, 1.165) is 6.20 Å². The fraction of sp³-hybridized carbons (Fsp3) is 0.250. The molecule has 0 aromatic rings. The summed E-state index contributed by atoms with van der Waals surface area (Å²) in [6.07, 6.45) is 1.06. The summed E-state index contributed by atoms with van der Waals surface area (Å²) in [4.78, 5) is 0. The van der Waals surface area contributed by atoms with Crippen LogP contribution in [0.4, 0.5) is 4.39 Å².